The average molecular weight is 435 g/mol. The Bertz CT molecular complexity index is 1040. The molecule has 3 rings (SSSR count). The van der Waals surface area contributed by atoms with E-state index >= 15 is 0 Å². The fourth-order valence-electron chi connectivity index (χ4n) is 4.22. The van der Waals surface area contributed by atoms with Crippen molar-refractivity contribution < 1.29 is 8.96 Å². The van der Waals surface area contributed by atoms with Gasteiger partial charge < -0.3 is 9.80 Å². The molecule has 4 heteroatoms. The van der Waals surface area contributed by atoms with E-state index < -0.39 is 0 Å². The van der Waals surface area contributed by atoms with Crippen LogP contribution in [-0.4, -0.2) is 37.6 Å². The number of hydrogen-bond donors (Lipinski definition) is 0. The van der Waals surface area contributed by atoms with Crippen molar-refractivity contribution in [2.24, 2.45) is 0 Å². The van der Waals surface area contributed by atoms with Gasteiger partial charge in [0.15, 0.2) is 12.0 Å². The van der Waals surface area contributed by atoms with Crippen molar-refractivity contribution in [3.05, 3.63) is 71.8 Å². The fraction of sp³-hybridized carbons (Fsp3) is 0.393. The van der Waals surface area contributed by atoms with Crippen molar-refractivity contribution in [2.75, 3.05) is 37.6 Å². The highest BCUT2D eigenvalue weighted by molar-refractivity contribution is 5.94. The zero-order chi connectivity index (χ0) is 22.9. The van der Waals surface area contributed by atoms with Crippen LogP contribution < -0.4 is 9.47 Å². The number of fused-ring (bicyclic) bond motifs is 1. The molecule has 3 aromatic rings. The predicted octanol–water partition coefficient (Wildman–Crippen LogP) is 6.01. The molecule has 1 aromatic heterocycles. The van der Waals surface area contributed by atoms with E-state index in [2.05, 4.69) is 73.9 Å². The van der Waals surface area contributed by atoms with Gasteiger partial charge in [-0.05, 0) is 55.4 Å². The van der Waals surface area contributed by atoms with Crippen molar-refractivity contribution in [1.82, 2.24) is 4.90 Å². The summed E-state index contributed by atoms with van der Waals surface area (Å²) < 4.78 is 16.7. The summed E-state index contributed by atoms with van der Waals surface area (Å²) >= 11 is 0. The smallest absolute Gasteiger partial charge is 0.205 e. The first kappa shape index (κ1) is 23.9. The van der Waals surface area contributed by atoms with Gasteiger partial charge >= 0.3 is 0 Å². The highest BCUT2D eigenvalue weighted by Crippen LogP contribution is 2.26. The Kier molecular flexibility index (Phi) is 8.81. The molecule has 170 valence electrons. The SMILES string of the molecule is CCN(CC)CCC[n+]1ccc(/C=C/c2cccc3cc(N(CC)CC)ccc23)c(F)c1. The zero-order valence-electron chi connectivity index (χ0n) is 20.0. The molecule has 2 aromatic carbocycles. The first-order valence-electron chi connectivity index (χ1n) is 12.0. The maximum absolute atomic E-state index is 14.7. The van der Waals surface area contributed by atoms with Crippen LogP contribution in [0.5, 0.6) is 0 Å². The molecular formula is C28H37FN3+. The van der Waals surface area contributed by atoms with E-state index in [4.69, 9.17) is 0 Å². The van der Waals surface area contributed by atoms with E-state index in [0.717, 1.165) is 51.3 Å². The molecular weight excluding hydrogens is 397 g/mol. The number of nitrogens with zero attached hydrogens (tertiary/aromatic N) is 3. The van der Waals surface area contributed by atoms with Gasteiger partial charge in [0.25, 0.3) is 0 Å². The standard InChI is InChI=1S/C28H37FN3/c1-5-30(6-2)18-10-19-31-20-17-24(28(29)22-31)14-13-23-11-9-12-25-21-26(15-16-27(23)25)32(7-3)8-4/h9,11-17,20-22H,5-8,10,18-19H2,1-4H3/q+1/b14-13+. The molecule has 0 fully saturated rings. The molecule has 0 atom stereocenters. The van der Waals surface area contributed by atoms with E-state index in [-0.39, 0.29) is 5.82 Å². The summed E-state index contributed by atoms with van der Waals surface area (Å²) in [6.45, 7) is 14.7. The molecule has 0 spiro atoms. The lowest BCUT2D eigenvalue weighted by Crippen LogP contribution is -2.36. The summed E-state index contributed by atoms with van der Waals surface area (Å²) in [6.07, 6.45) is 8.50. The number of anilines is 1. The molecule has 0 aliphatic carbocycles. The number of benzene rings is 2. The van der Waals surface area contributed by atoms with Crippen molar-refractivity contribution in [1.29, 1.82) is 0 Å². The van der Waals surface area contributed by atoms with Gasteiger partial charge in [0.05, 0.1) is 0 Å². The van der Waals surface area contributed by atoms with Crippen LogP contribution in [0.25, 0.3) is 22.9 Å². The van der Waals surface area contributed by atoms with E-state index in [9.17, 15) is 4.39 Å². The first-order valence-corrected chi connectivity index (χ1v) is 12.0. The summed E-state index contributed by atoms with van der Waals surface area (Å²) in [5.74, 6) is -0.185. The molecule has 0 aliphatic rings. The Morgan fingerprint density at radius 2 is 1.62 bits per heavy atom. The Hall–Kier alpha value is -2.72. The van der Waals surface area contributed by atoms with Gasteiger partial charge in [-0.2, -0.15) is 4.39 Å². The largest absolute Gasteiger partial charge is 0.372 e. The highest BCUT2D eigenvalue weighted by Gasteiger charge is 2.09. The van der Waals surface area contributed by atoms with Crippen LogP contribution >= 0.6 is 0 Å². The number of aryl methyl sites for hydroxylation is 1. The van der Waals surface area contributed by atoms with Crippen LogP contribution in [0.1, 0.15) is 45.2 Å². The van der Waals surface area contributed by atoms with E-state index in [1.807, 2.05) is 29.0 Å². The summed E-state index contributed by atoms with van der Waals surface area (Å²) in [5.41, 5.74) is 2.95. The minimum atomic E-state index is -0.185. The van der Waals surface area contributed by atoms with Crippen LogP contribution in [0.3, 0.4) is 0 Å². The van der Waals surface area contributed by atoms with Gasteiger partial charge in [-0.15, -0.1) is 0 Å². The second-order valence-corrected chi connectivity index (χ2v) is 8.12. The van der Waals surface area contributed by atoms with E-state index in [1.165, 1.54) is 16.5 Å². The minimum Gasteiger partial charge on any atom is -0.372 e. The monoisotopic (exact) mass is 434 g/mol. The van der Waals surface area contributed by atoms with Crippen LogP contribution in [0.15, 0.2) is 54.9 Å². The van der Waals surface area contributed by atoms with Crippen molar-refractivity contribution >= 4 is 28.6 Å². The van der Waals surface area contributed by atoms with Crippen molar-refractivity contribution in [3.63, 3.8) is 0 Å². The Morgan fingerprint density at radius 3 is 2.31 bits per heavy atom. The number of pyridine rings is 1. The number of halogens is 1. The maximum atomic E-state index is 14.7. The Morgan fingerprint density at radius 1 is 0.875 bits per heavy atom. The van der Waals surface area contributed by atoms with Gasteiger partial charge in [0.2, 0.25) is 6.20 Å². The molecule has 0 N–H and O–H groups in total. The number of hydrogen-bond acceptors (Lipinski definition) is 2. The molecule has 0 unspecified atom stereocenters. The summed E-state index contributed by atoms with van der Waals surface area (Å²) in [6, 6.07) is 14.8. The summed E-state index contributed by atoms with van der Waals surface area (Å²) in [4.78, 5) is 4.74. The third-order valence-electron chi connectivity index (χ3n) is 6.25. The lowest BCUT2D eigenvalue weighted by atomic mass is 10.0. The average Bonchev–Trinajstić information content (AvgIpc) is 2.82. The number of rotatable bonds is 11. The molecule has 3 nitrogen and oxygen atoms in total. The van der Waals surface area contributed by atoms with Crippen LogP contribution in [0.2, 0.25) is 0 Å². The highest BCUT2D eigenvalue weighted by atomic mass is 19.1. The van der Waals surface area contributed by atoms with Gasteiger partial charge in [-0.3, -0.25) is 0 Å². The lowest BCUT2D eigenvalue weighted by Gasteiger charge is -2.21. The van der Waals surface area contributed by atoms with E-state index in [0.29, 0.717) is 5.56 Å². The van der Waals surface area contributed by atoms with Crippen molar-refractivity contribution in [2.45, 2.75) is 40.7 Å². The molecule has 32 heavy (non-hydrogen) atoms. The number of aromatic nitrogens is 1. The molecule has 0 amide bonds. The molecule has 0 bridgehead atoms. The lowest BCUT2D eigenvalue weighted by molar-refractivity contribution is -0.698. The zero-order valence-corrected chi connectivity index (χ0v) is 20.0. The second kappa shape index (κ2) is 11.8. The van der Waals surface area contributed by atoms with Crippen LogP contribution in [0, 0.1) is 5.82 Å². The minimum absolute atomic E-state index is 0.185. The van der Waals surface area contributed by atoms with Crippen molar-refractivity contribution in [3.8, 4) is 0 Å². The molecule has 0 radical (unpaired) electrons. The molecule has 0 aliphatic heterocycles. The normalized spacial score (nSPS) is 11.7. The van der Waals surface area contributed by atoms with Gasteiger partial charge in [0, 0.05) is 43.4 Å². The summed E-state index contributed by atoms with van der Waals surface area (Å²) in [7, 11) is 0. The van der Waals surface area contributed by atoms with Gasteiger partial charge in [0.1, 0.15) is 6.54 Å². The van der Waals surface area contributed by atoms with Gasteiger partial charge in [-0.1, -0.05) is 50.3 Å². The molecule has 1 heterocycles. The topological polar surface area (TPSA) is 10.4 Å². The fourth-order valence-corrected chi connectivity index (χ4v) is 4.22. The third-order valence-corrected chi connectivity index (χ3v) is 6.25. The summed E-state index contributed by atoms with van der Waals surface area (Å²) in [5, 5.41) is 2.39. The van der Waals surface area contributed by atoms with Crippen LogP contribution in [0.4, 0.5) is 10.1 Å². The second-order valence-electron chi connectivity index (χ2n) is 8.12. The Labute approximate surface area is 192 Å². The predicted molar refractivity (Wildman–Crippen MR) is 135 cm³/mol. The quantitative estimate of drug-likeness (QED) is 0.342. The van der Waals surface area contributed by atoms with E-state index in [1.54, 1.807) is 6.20 Å². The Balaban J connectivity index is 1.74. The molecule has 0 saturated carbocycles. The van der Waals surface area contributed by atoms with Gasteiger partial charge in [-0.25, -0.2) is 4.57 Å². The molecule has 0 saturated heterocycles. The first-order chi connectivity index (χ1) is 15.6. The third kappa shape index (κ3) is 5.95. The maximum Gasteiger partial charge on any atom is 0.205 e. The van der Waals surface area contributed by atoms with Crippen LogP contribution in [-0.2, 0) is 6.54 Å².